The van der Waals surface area contributed by atoms with E-state index in [2.05, 4.69) is 15.5 Å². The van der Waals surface area contributed by atoms with E-state index in [1.165, 1.54) is 25.7 Å². The van der Waals surface area contributed by atoms with Crippen molar-refractivity contribution in [2.24, 2.45) is 23.7 Å². The largest absolute Gasteiger partial charge is 0.481 e. The van der Waals surface area contributed by atoms with Crippen molar-refractivity contribution in [2.75, 3.05) is 0 Å². The first-order chi connectivity index (χ1) is 10.2. The van der Waals surface area contributed by atoms with Gasteiger partial charge in [0.2, 0.25) is 0 Å². The quantitative estimate of drug-likeness (QED) is 0.832. The zero-order chi connectivity index (χ0) is 14.8. The molecule has 2 bridgehead atoms. The van der Waals surface area contributed by atoms with E-state index in [-0.39, 0.29) is 12.3 Å². The van der Waals surface area contributed by atoms with Crippen LogP contribution < -0.4 is 0 Å². The van der Waals surface area contributed by atoms with E-state index in [0.717, 1.165) is 36.4 Å². The van der Waals surface area contributed by atoms with Crippen molar-refractivity contribution in [3.8, 4) is 0 Å². The van der Waals surface area contributed by atoms with E-state index in [0.29, 0.717) is 6.54 Å². The maximum atomic E-state index is 10.9. The number of fused-ring (bicyclic) bond motifs is 2. The molecule has 0 aromatic carbocycles. The van der Waals surface area contributed by atoms with Crippen molar-refractivity contribution in [3.63, 3.8) is 0 Å². The Balaban J connectivity index is 1.62. The van der Waals surface area contributed by atoms with Crippen LogP contribution in [0, 0.1) is 23.7 Å². The summed E-state index contributed by atoms with van der Waals surface area (Å²) >= 11 is 0. The average Bonchev–Trinajstić information content (AvgIpc) is 3.15. The van der Waals surface area contributed by atoms with Gasteiger partial charge in [0.05, 0.1) is 0 Å². The lowest BCUT2D eigenvalue weighted by Gasteiger charge is -2.21. The molecule has 0 saturated heterocycles. The maximum Gasteiger partial charge on any atom is 0.303 e. The highest BCUT2D eigenvalue weighted by Crippen LogP contribution is 2.49. The summed E-state index contributed by atoms with van der Waals surface area (Å²) in [4.78, 5) is 10.9. The van der Waals surface area contributed by atoms with Gasteiger partial charge in [0.25, 0.3) is 0 Å². The van der Waals surface area contributed by atoms with Crippen LogP contribution in [0.25, 0.3) is 0 Å². The van der Waals surface area contributed by atoms with Crippen LogP contribution in [0.5, 0.6) is 0 Å². The predicted octanol–water partition coefficient (Wildman–Crippen LogP) is 2.15. The number of hydrogen-bond acceptors (Lipinski definition) is 4. The number of carbonyl (C=O) groups is 1. The van der Waals surface area contributed by atoms with Crippen LogP contribution >= 0.6 is 0 Å². The summed E-state index contributed by atoms with van der Waals surface area (Å²) in [6, 6.07) is 0. The second-order valence-electron chi connectivity index (χ2n) is 6.79. The normalized spacial score (nSPS) is 28.9. The second-order valence-corrected chi connectivity index (χ2v) is 6.79. The molecule has 1 N–H and O–H groups in total. The lowest BCUT2D eigenvalue weighted by atomic mass is 9.86. The number of hydrogen-bond donors (Lipinski definition) is 1. The average molecular weight is 292 g/mol. The number of carboxylic acids is 1. The molecule has 21 heavy (non-hydrogen) atoms. The molecule has 0 radical (unpaired) electrons. The number of carboxylic acid groups (broad SMARTS) is 1. The van der Waals surface area contributed by atoms with Gasteiger partial charge in [-0.05, 0) is 53.4 Å². The molecule has 1 aromatic heterocycles. The maximum absolute atomic E-state index is 10.9. The van der Waals surface area contributed by atoms with Crippen molar-refractivity contribution >= 4 is 5.97 Å². The van der Waals surface area contributed by atoms with E-state index < -0.39 is 5.97 Å². The zero-order valence-corrected chi connectivity index (χ0v) is 12.6. The van der Waals surface area contributed by atoms with E-state index in [4.69, 9.17) is 5.11 Å². The molecular formula is C15H24N4O2. The Morgan fingerprint density at radius 2 is 2.29 bits per heavy atom. The smallest absolute Gasteiger partial charge is 0.303 e. The third kappa shape index (κ3) is 3.24. The van der Waals surface area contributed by atoms with Crippen LogP contribution in [0.4, 0.5) is 0 Å². The lowest BCUT2D eigenvalue weighted by molar-refractivity contribution is -0.138. The first-order valence-corrected chi connectivity index (χ1v) is 8.12. The standard InChI is InChI=1S/C15H24N4O2/c1-2-10(7-15(20)21)9-19-14(16-17-18-19)8-13-6-11-3-4-12(13)5-11/h10-13H,2-9H2,1H3,(H,20,21). The Kier molecular flexibility index (Phi) is 4.22. The highest BCUT2D eigenvalue weighted by atomic mass is 16.4. The molecule has 2 aliphatic carbocycles. The number of nitrogens with zero attached hydrogens (tertiary/aromatic N) is 4. The van der Waals surface area contributed by atoms with Gasteiger partial charge in [0.1, 0.15) is 0 Å². The van der Waals surface area contributed by atoms with Crippen molar-refractivity contribution in [1.82, 2.24) is 20.2 Å². The van der Waals surface area contributed by atoms with Gasteiger partial charge in [-0.15, -0.1) is 5.10 Å². The summed E-state index contributed by atoms with van der Waals surface area (Å²) in [5.74, 6) is 2.82. The summed E-state index contributed by atoms with van der Waals surface area (Å²) in [5.41, 5.74) is 0. The van der Waals surface area contributed by atoms with Crippen LogP contribution in [0.1, 0.15) is 51.3 Å². The van der Waals surface area contributed by atoms with E-state index in [9.17, 15) is 4.79 Å². The first kappa shape index (κ1) is 14.5. The molecule has 1 aromatic rings. The number of tetrazole rings is 1. The van der Waals surface area contributed by atoms with Gasteiger partial charge < -0.3 is 5.11 Å². The molecule has 3 rings (SSSR count). The van der Waals surface area contributed by atoms with E-state index >= 15 is 0 Å². The summed E-state index contributed by atoms with van der Waals surface area (Å²) in [6.45, 7) is 2.64. The Morgan fingerprint density at radius 1 is 1.43 bits per heavy atom. The number of rotatable bonds is 7. The molecule has 2 fully saturated rings. The van der Waals surface area contributed by atoms with Gasteiger partial charge in [-0.2, -0.15) is 0 Å². The Labute approximate surface area is 124 Å². The van der Waals surface area contributed by atoms with Crippen LogP contribution in [-0.2, 0) is 17.8 Å². The van der Waals surface area contributed by atoms with Gasteiger partial charge in [-0.25, -0.2) is 4.68 Å². The molecule has 1 heterocycles. The van der Waals surface area contributed by atoms with E-state index in [1.54, 1.807) is 0 Å². The summed E-state index contributed by atoms with van der Waals surface area (Å²) in [5, 5.41) is 21.0. The highest BCUT2D eigenvalue weighted by Gasteiger charge is 2.40. The van der Waals surface area contributed by atoms with E-state index in [1.807, 2.05) is 11.6 Å². The monoisotopic (exact) mass is 292 g/mol. The molecule has 2 aliphatic rings. The Hall–Kier alpha value is -1.46. The molecule has 4 atom stereocenters. The SMILES string of the molecule is CCC(CC(=O)O)Cn1nnnc1CC1CC2CCC1C2. The predicted molar refractivity (Wildman–Crippen MR) is 76.5 cm³/mol. The molecule has 6 nitrogen and oxygen atoms in total. The van der Waals surface area contributed by atoms with Gasteiger partial charge in [-0.3, -0.25) is 4.79 Å². The van der Waals surface area contributed by atoms with Crippen LogP contribution in [-0.4, -0.2) is 31.3 Å². The molecule has 0 spiro atoms. The van der Waals surface area contributed by atoms with Crippen molar-refractivity contribution in [2.45, 2.75) is 58.4 Å². The summed E-state index contributed by atoms with van der Waals surface area (Å²) < 4.78 is 1.84. The van der Waals surface area contributed by atoms with Gasteiger partial charge in [0.15, 0.2) is 5.82 Å². The van der Waals surface area contributed by atoms with Crippen molar-refractivity contribution in [1.29, 1.82) is 0 Å². The van der Waals surface area contributed by atoms with Crippen LogP contribution in [0.15, 0.2) is 0 Å². The third-order valence-corrected chi connectivity index (χ3v) is 5.41. The highest BCUT2D eigenvalue weighted by molar-refractivity contribution is 5.66. The van der Waals surface area contributed by atoms with Gasteiger partial charge >= 0.3 is 5.97 Å². The number of aromatic nitrogens is 4. The van der Waals surface area contributed by atoms with Crippen molar-refractivity contribution < 1.29 is 9.90 Å². The first-order valence-electron chi connectivity index (χ1n) is 8.12. The second kappa shape index (κ2) is 6.12. The van der Waals surface area contributed by atoms with Gasteiger partial charge in [-0.1, -0.05) is 19.8 Å². The Bertz CT molecular complexity index is 502. The van der Waals surface area contributed by atoms with Crippen LogP contribution in [0.2, 0.25) is 0 Å². The Morgan fingerprint density at radius 3 is 2.90 bits per heavy atom. The minimum absolute atomic E-state index is 0.102. The minimum Gasteiger partial charge on any atom is -0.481 e. The number of aliphatic carboxylic acids is 1. The molecule has 0 aliphatic heterocycles. The fourth-order valence-electron chi connectivity index (χ4n) is 4.20. The molecule has 4 unspecified atom stereocenters. The zero-order valence-electron chi connectivity index (χ0n) is 12.6. The van der Waals surface area contributed by atoms with Crippen molar-refractivity contribution in [3.05, 3.63) is 5.82 Å². The molecular weight excluding hydrogens is 268 g/mol. The molecule has 2 saturated carbocycles. The minimum atomic E-state index is -0.746. The van der Waals surface area contributed by atoms with Gasteiger partial charge in [0, 0.05) is 19.4 Å². The fourth-order valence-corrected chi connectivity index (χ4v) is 4.20. The fraction of sp³-hybridized carbons (Fsp3) is 0.867. The molecule has 116 valence electrons. The lowest BCUT2D eigenvalue weighted by Crippen LogP contribution is -2.20. The van der Waals surface area contributed by atoms with Crippen LogP contribution in [0.3, 0.4) is 0 Å². The summed E-state index contributed by atoms with van der Waals surface area (Å²) in [7, 11) is 0. The summed E-state index contributed by atoms with van der Waals surface area (Å²) in [6.07, 6.45) is 7.46. The topological polar surface area (TPSA) is 80.9 Å². The molecule has 6 heteroatoms. The molecule has 0 amide bonds. The third-order valence-electron chi connectivity index (χ3n) is 5.41.